The Morgan fingerprint density at radius 2 is 1.83 bits per heavy atom. The fourth-order valence-electron chi connectivity index (χ4n) is 1.50. The molecule has 0 atom stereocenters. The van der Waals surface area contributed by atoms with Crippen LogP contribution in [0.1, 0.15) is 18.5 Å². The molecule has 96 valence electrons. The first-order valence-electron chi connectivity index (χ1n) is 6.10. The molecule has 0 bridgehead atoms. The monoisotopic (exact) mass is 247 g/mol. The van der Waals surface area contributed by atoms with E-state index in [1.165, 1.54) is 0 Å². The van der Waals surface area contributed by atoms with Crippen molar-refractivity contribution in [2.24, 2.45) is 0 Å². The van der Waals surface area contributed by atoms with Crippen molar-refractivity contribution >= 4 is 0 Å². The van der Waals surface area contributed by atoms with Crippen molar-refractivity contribution in [1.82, 2.24) is 5.16 Å². The van der Waals surface area contributed by atoms with Crippen LogP contribution in [0.25, 0.3) is 0 Å². The molecule has 1 aromatic heterocycles. The van der Waals surface area contributed by atoms with Gasteiger partial charge in [-0.25, -0.2) is 0 Å². The van der Waals surface area contributed by atoms with Crippen molar-refractivity contribution in [3.8, 4) is 5.75 Å². The lowest BCUT2D eigenvalue weighted by Crippen LogP contribution is -2.01. The van der Waals surface area contributed by atoms with Crippen LogP contribution in [0.15, 0.2) is 47.2 Å². The summed E-state index contributed by atoms with van der Waals surface area (Å²) in [6, 6.07) is 11.6. The Morgan fingerprint density at radius 1 is 1.00 bits per heavy atom. The second kappa shape index (κ2) is 7.50. The van der Waals surface area contributed by atoms with E-state index in [9.17, 15) is 0 Å². The Bertz CT molecular complexity index is 414. The van der Waals surface area contributed by atoms with Gasteiger partial charge >= 0.3 is 0 Å². The smallest absolute Gasteiger partial charge is 0.124 e. The quantitative estimate of drug-likeness (QED) is 0.672. The minimum Gasteiger partial charge on any atom is -0.494 e. The standard InChI is InChI=1S/C14H17NO3/c1-2-6-14(7-3-1)17-10-5-4-9-16-12-13-8-11-18-15-13/h1-3,6-8,11H,4-5,9-10,12H2. The maximum Gasteiger partial charge on any atom is 0.124 e. The number of benzene rings is 1. The summed E-state index contributed by atoms with van der Waals surface area (Å²) in [6.07, 6.45) is 3.50. The fourth-order valence-corrected chi connectivity index (χ4v) is 1.50. The number of ether oxygens (including phenoxy) is 2. The van der Waals surface area contributed by atoms with Gasteiger partial charge in [-0.05, 0) is 25.0 Å². The first-order valence-corrected chi connectivity index (χ1v) is 6.10. The Kier molecular flexibility index (Phi) is 5.27. The number of aromatic nitrogens is 1. The Hall–Kier alpha value is -1.81. The highest BCUT2D eigenvalue weighted by Crippen LogP contribution is 2.08. The van der Waals surface area contributed by atoms with Crippen LogP contribution < -0.4 is 4.74 Å². The van der Waals surface area contributed by atoms with Crippen LogP contribution in [-0.4, -0.2) is 18.4 Å². The lowest BCUT2D eigenvalue weighted by Gasteiger charge is -2.05. The first kappa shape index (κ1) is 12.6. The molecule has 0 amide bonds. The molecule has 1 heterocycles. The third kappa shape index (κ3) is 4.59. The molecule has 0 aliphatic rings. The van der Waals surface area contributed by atoms with E-state index >= 15 is 0 Å². The van der Waals surface area contributed by atoms with Gasteiger partial charge in [0.05, 0.1) is 13.2 Å². The highest BCUT2D eigenvalue weighted by molar-refractivity contribution is 5.20. The van der Waals surface area contributed by atoms with Crippen LogP contribution in [0.5, 0.6) is 5.75 Å². The molecular weight excluding hydrogens is 230 g/mol. The van der Waals surface area contributed by atoms with Gasteiger partial charge < -0.3 is 14.0 Å². The molecule has 18 heavy (non-hydrogen) atoms. The van der Waals surface area contributed by atoms with Gasteiger partial charge in [0.1, 0.15) is 17.7 Å². The average Bonchev–Trinajstić information content (AvgIpc) is 2.92. The number of para-hydroxylation sites is 1. The Morgan fingerprint density at radius 3 is 2.61 bits per heavy atom. The fraction of sp³-hybridized carbons (Fsp3) is 0.357. The molecule has 4 nitrogen and oxygen atoms in total. The lowest BCUT2D eigenvalue weighted by molar-refractivity contribution is 0.109. The molecular formula is C14H17NO3. The van der Waals surface area contributed by atoms with Crippen molar-refractivity contribution in [1.29, 1.82) is 0 Å². The van der Waals surface area contributed by atoms with Gasteiger partial charge in [0.25, 0.3) is 0 Å². The van der Waals surface area contributed by atoms with Crippen molar-refractivity contribution < 1.29 is 14.0 Å². The van der Waals surface area contributed by atoms with E-state index in [2.05, 4.69) is 5.16 Å². The molecule has 0 aliphatic heterocycles. The molecule has 0 aliphatic carbocycles. The molecule has 0 saturated heterocycles. The number of nitrogens with zero attached hydrogens (tertiary/aromatic N) is 1. The minimum atomic E-state index is 0.510. The minimum absolute atomic E-state index is 0.510. The van der Waals surface area contributed by atoms with Crippen LogP contribution in [-0.2, 0) is 11.3 Å². The first-order chi connectivity index (χ1) is 8.95. The molecule has 0 unspecified atom stereocenters. The van der Waals surface area contributed by atoms with E-state index in [0.29, 0.717) is 13.2 Å². The molecule has 0 spiro atoms. The van der Waals surface area contributed by atoms with Gasteiger partial charge in [-0.15, -0.1) is 0 Å². The largest absolute Gasteiger partial charge is 0.494 e. The van der Waals surface area contributed by atoms with Crippen LogP contribution in [0.4, 0.5) is 0 Å². The predicted molar refractivity (Wildman–Crippen MR) is 67.3 cm³/mol. The maximum atomic E-state index is 5.58. The molecule has 0 radical (unpaired) electrons. The van der Waals surface area contributed by atoms with E-state index in [0.717, 1.165) is 30.9 Å². The number of rotatable bonds is 8. The zero-order chi connectivity index (χ0) is 12.5. The molecule has 2 aromatic rings. The molecule has 2 rings (SSSR count). The van der Waals surface area contributed by atoms with Gasteiger partial charge in [0.15, 0.2) is 0 Å². The van der Waals surface area contributed by atoms with Crippen LogP contribution in [0.3, 0.4) is 0 Å². The summed E-state index contributed by atoms with van der Waals surface area (Å²) in [7, 11) is 0. The molecule has 4 heteroatoms. The summed E-state index contributed by atoms with van der Waals surface area (Å²) in [5, 5.41) is 3.77. The van der Waals surface area contributed by atoms with Crippen molar-refractivity contribution in [3.63, 3.8) is 0 Å². The summed E-state index contributed by atoms with van der Waals surface area (Å²) >= 11 is 0. The van der Waals surface area contributed by atoms with Crippen molar-refractivity contribution in [2.45, 2.75) is 19.4 Å². The maximum absolute atomic E-state index is 5.58. The third-order valence-electron chi connectivity index (χ3n) is 2.44. The van der Waals surface area contributed by atoms with Crippen LogP contribution in [0, 0.1) is 0 Å². The zero-order valence-electron chi connectivity index (χ0n) is 10.2. The second-order valence-electron chi connectivity index (χ2n) is 3.91. The van der Waals surface area contributed by atoms with E-state index in [1.54, 1.807) is 12.3 Å². The topological polar surface area (TPSA) is 44.5 Å². The summed E-state index contributed by atoms with van der Waals surface area (Å²) in [5.74, 6) is 0.918. The average molecular weight is 247 g/mol. The molecule has 0 N–H and O–H groups in total. The number of unbranched alkanes of at least 4 members (excludes halogenated alkanes) is 1. The SMILES string of the molecule is c1ccc(OCCCCOCc2ccon2)cc1. The predicted octanol–water partition coefficient (Wildman–Crippen LogP) is 3.05. The van der Waals surface area contributed by atoms with E-state index < -0.39 is 0 Å². The van der Waals surface area contributed by atoms with Crippen LogP contribution in [0.2, 0.25) is 0 Å². The van der Waals surface area contributed by atoms with E-state index in [-0.39, 0.29) is 0 Å². The summed E-state index contributed by atoms with van der Waals surface area (Å²) in [4.78, 5) is 0. The Balaban J connectivity index is 1.47. The van der Waals surface area contributed by atoms with Gasteiger partial charge in [-0.2, -0.15) is 0 Å². The summed E-state index contributed by atoms with van der Waals surface area (Å²) < 4.78 is 15.7. The van der Waals surface area contributed by atoms with Gasteiger partial charge in [0, 0.05) is 12.7 Å². The van der Waals surface area contributed by atoms with Crippen molar-refractivity contribution in [2.75, 3.05) is 13.2 Å². The molecule has 1 aromatic carbocycles. The summed E-state index contributed by atoms with van der Waals surface area (Å²) in [5.41, 5.74) is 0.829. The number of hydrogen-bond donors (Lipinski definition) is 0. The van der Waals surface area contributed by atoms with Gasteiger partial charge in [0.2, 0.25) is 0 Å². The third-order valence-corrected chi connectivity index (χ3v) is 2.44. The highest BCUT2D eigenvalue weighted by atomic mass is 16.5. The lowest BCUT2D eigenvalue weighted by atomic mass is 10.3. The normalized spacial score (nSPS) is 10.4. The number of hydrogen-bond acceptors (Lipinski definition) is 4. The zero-order valence-corrected chi connectivity index (χ0v) is 10.2. The van der Waals surface area contributed by atoms with Gasteiger partial charge in [-0.3, -0.25) is 0 Å². The van der Waals surface area contributed by atoms with E-state index in [1.807, 2.05) is 30.3 Å². The molecule has 0 fully saturated rings. The Labute approximate surface area is 107 Å². The van der Waals surface area contributed by atoms with Crippen LogP contribution >= 0.6 is 0 Å². The van der Waals surface area contributed by atoms with Gasteiger partial charge in [-0.1, -0.05) is 23.4 Å². The van der Waals surface area contributed by atoms with Crippen molar-refractivity contribution in [3.05, 3.63) is 48.4 Å². The second-order valence-corrected chi connectivity index (χ2v) is 3.91. The molecule has 0 saturated carbocycles. The highest BCUT2D eigenvalue weighted by Gasteiger charge is 1.96. The van der Waals surface area contributed by atoms with E-state index in [4.69, 9.17) is 14.0 Å². The summed E-state index contributed by atoms with van der Waals surface area (Å²) in [6.45, 7) is 1.94.